The second kappa shape index (κ2) is 6.94. The molecule has 116 valence electrons. The minimum Gasteiger partial charge on any atom is -0.508 e. The molecule has 1 aliphatic rings. The molecule has 1 unspecified atom stereocenters. The molecule has 2 aromatic carbocycles. The van der Waals surface area contributed by atoms with E-state index in [1.165, 1.54) is 0 Å². The molecule has 3 N–H and O–H groups in total. The van der Waals surface area contributed by atoms with Crippen molar-refractivity contribution in [1.82, 2.24) is 0 Å². The van der Waals surface area contributed by atoms with E-state index in [-0.39, 0.29) is 11.9 Å². The fourth-order valence-electron chi connectivity index (χ4n) is 2.32. The number of hydrogen-bond acceptors (Lipinski definition) is 5. The van der Waals surface area contributed by atoms with Crippen LogP contribution in [-0.2, 0) is 4.74 Å². The van der Waals surface area contributed by atoms with Gasteiger partial charge in [0, 0.05) is 28.2 Å². The van der Waals surface area contributed by atoms with Crippen molar-refractivity contribution in [2.75, 3.05) is 18.9 Å². The van der Waals surface area contributed by atoms with Crippen molar-refractivity contribution >= 4 is 17.4 Å². The van der Waals surface area contributed by atoms with Crippen molar-refractivity contribution in [2.45, 2.75) is 28.7 Å². The zero-order valence-electron chi connectivity index (χ0n) is 12.2. The van der Waals surface area contributed by atoms with Crippen LogP contribution >= 0.6 is 11.8 Å². The second-order valence-electron chi connectivity index (χ2n) is 5.24. The number of phenols is 1. The molecule has 0 bridgehead atoms. The minimum absolute atomic E-state index is 0.201. The molecule has 0 spiro atoms. The summed E-state index contributed by atoms with van der Waals surface area (Å²) in [6, 6.07) is 12.8. The van der Waals surface area contributed by atoms with Crippen LogP contribution in [0.15, 0.2) is 52.3 Å². The van der Waals surface area contributed by atoms with Crippen molar-refractivity contribution in [3.05, 3.63) is 42.5 Å². The van der Waals surface area contributed by atoms with Crippen molar-refractivity contribution < 1.29 is 14.6 Å². The van der Waals surface area contributed by atoms with E-state index in [9.17, 15) is 5.11 Å². The Morgan fingerprint density at radius 3 is 2.73 bits per heavy atom. The van der Waals surface area contributed by atoms with Gasteiger partial charge in [0.1, 0.15) is 18.1 Å². The number of benzene rings is 2. The number of hydrogen-bond donors (Lipinski definition) is 2. The maximum atomic E-state index is 9.30. The van der Waals surface area contributed by atoms with Crippen LogP contribution in [0.5, 0.6) is 11.5 Å². The Bertz CT molecular complexity index is 624. The number of phenolic OH excluding ortho intramolecular Hbond substituents is 1. The molecular formula is C17H19NO3S. The van der Waals surface area contributed by atoms with Gasteiger partial charge in [0.05, 0.1) is 6.10 Å². The number of nitrogens with two attached hydrogens (primary N) is 1. The van der Waals surface area contributed by atoms with E-state index < -0.39 is 0 Å². The first-order chi connectivity index (χ1) is 10.7. The smallest absolute Gasteiger partial charge is 0.121 e. The van der Waals surface area contributed by atoms with Gasteiger partial charge in [-0.05, 0) is 49.2 Å². The molecule has 5 heteroatoms. The molecule has 22 heavy (non-hydrogen) atoms. The summed E-state index contributed by atoms with van der Waals surface area (Å²) < 4.78 is 11.3. The fraction of sp³-hybridized carbons (Fsp3) is 0.294. The van der Waals surface area contributed by atoms with E-state index in [0.717, 1.165) is 35.0 Å². The summed E-state index contributed by atoms with van der Waals surface area (Å²) in [7, 11) is 0. The lowest BCUT2D eigenvalue weighted by Crippen LogP contribution is -2.16. The molecule has 0 saturated carbocycles. The van der Waals surface area contributed by atoms with Crippen LogP contribution in [0.2, 0.25) is 0 Å². The van der Waals surface area contributed by atoms with Crippen LogP contribution in [0.3, 0.4) is 0 Å². The standard InChI is InChI=1S/C17H19NO3S/c18-16-10-13(21-11-14-2-1-9-20-14)5-8-17(16)22-15-6-3-12(19)4-7-15/h3-8,10,14,19H,1-2,9,11,18H2. The van der Waals surface area contributed by atoms with Crippen LogP contribution in [0.1, 0.15) is 12.8 Å². The largest absolute Gasteiger partial charge is 0.508 e. The van der Waals surface area contributed by atoms with Gasteiger partial charge in [-0.1, -0.05) is 11.8 Å². The molecule has 1 atom stereocenters. The highest BCUT2D eigenvalue weighted by atomic mass is 32.2. The molecule has 0 radical (unpaired) electrons. The predicted octanol–water partition coefficient (Wildman–Crippen LogP) is 3.68. The third kappa shape index (κ3) is 3.87. The number of aromatic hydroxyl groups is 1. The summed E-state index contributed by atoms with van der Waals surface area (Å²) >= 11 is 1.56. The average molecular weight is 317 g/mol. The molecule has 4 nitrogen and oxygen atoms in total. The summed E-state index contributed by atoms with van der Waals surface area (Å²) in [5, 5.41) is 9.30. The van der Waals surface area contributed by atoms with Gasteiger partial charge in [0.25, 0.3) is 0 Å². The molecule has 1 heterocycles. The van der Waals surface area contributed by atoms with E-state index in [2.05, 4.69) is 0 Å². The third-order valence-electron chi connectivity index (χ3n) is 3.51. The van der Waals surface area contributed by atoms with E-state index in [1.807, 2.05) is 30.3 Å². The van der Waals surface area contributed by atoms with E-state index in [0.29, 0.717) is 12.3 Å². The van der Waals surface area contributed by atoms with Crippen LogP contribution in [0, 0.1) is 0 Å². The van der Waals surface area contributed by atoms with Crippen molar-refractivity contribution in [3.8, 4) is 11.5 Å². The summed E-state index contributed by atoms with van der Waals surface area (Å²) in [5.41, 5.74) is 6.78. The van der Waals surface area contributed by atoms with Crippen LogP contribution in [-0.4, -0.2) is 24.4 Å². The van der Waals surface area contributed by atoms with Gasteiger partial charge >= 0.3 is 0 Å². The van der Waals surface area contributed by atoms with Gasteiger partial charge in [0.2, 0.25) is 0 Å². The zero-order valence-corrected chi connectivity index (χ0v) is 13.0. The zero-order chi connectivity index (χ0) is 15.4. The van der Waals surface area contributed by atoms with Gasteiger partial charge in [-0.2, -0.15) is 0 Å². The van der Waals surface area contributed by atoms with Crippen molar-refractivity contribution in [2.24, 2.45) is 0 Å². The van der Waals surface area contributed by atoms with Gasteiger partial charge in [0.15, 0.2) is 0 Å². The minimum atomic E-state index is 0.201. The monoisotopic (exact) mass is 317 g/mol. The number of anilines is 1. The molecular weight excluding hydrogens is 298 g/mol. The first-order valence-corrected chi connectivity index (χ1v) is 8.13. The summed E-state index contributed by atoms with van der Waals surface area (Å²) in [4.78, 5) is 1.99. The fourth-order valence-corrected chi connectivity index (χ4v) is 3.15. The lowest BCUT2D eigenvalue weighted by Gasteiger charge is -2.13. The van der Waals surface area contributed by atoms with Crippen molar-refractivity contribution in [3.63, 3.8) is 0 Å². The molecule has 3 rings (SSSR count). The van der Waals surface area contributed by atoms with Gasteiger partial charge in [-0.3, -0.25) is 0 Å². The summed E-state index contributed by atoms with van der Waals surface area (Å²) in [5.74, 6) is 1.03. The Kier molecular flexibility index (Phi) is 4.75. The normalized spacial score (nSPS) is 17.5. The van der Waals surface area contributed by atoms with E-state index >= 15 is 0 Å². The quantitative estimate of drug-likeness (QED) is 0.824. The maximum absolute atomic E-state index is 9.30. The molecule has 1 aliphatic heterocycles. The lowest BCUT2D eigenvalue weighted by molar-refractivity contribution is 0.0679. The molecule has 0 amide bonds. The third-order valence-corrected chi connectivity index (χ3v) is 4.61. The molecule has 1 saturated heterocycles. The van der Waals surface area contributed by atoms with Gasteiger partial charge < -0.3 is 20.3 Å². The second-order valence-corrected chi connectivity index (χ2v) is 6.36. The highest BCUT2D eigenvalue weighted by molar-refractivity contribution is 7.99. The summed E-state index contributed by atoms with van der Waals surface area (Å²) in [6.45, 7) is 1.41. The Labute approximate surface area is 134 Å². The topological polar surface area (TPSA) is 64.7 Å². The first kappa shape index (κ1) is 15.1. The van der Waals surface area contributed by atoms with Gasteiger partial charge in [-0.15, -0.1) is 0 Å². The SMILES string of the molecule is Nc1cc(OCC2CCCO2)ccc1Sc1ccc(O)cc1. The number of nitrogen functional groups attached to an aromatic ring is 1. The number of rotatable bonds is 5. The highest BCUT2D eigenvalue weighted by Crippen LogP contribution is 2.34. The molecule has 0 aromatic heterocycles. The average Bonchev–Trinajstić information content (AvgIpc) is 3.03. The highest BCUT2D eigenvalue weighted by Gasteiger charge is 2.16. The van der Waals surface area contributed by atoms with Crippen LogP contribution in [0.25, 0.3) is 0 Å². The Morgan fingerprint density at radius 1 is 1.23 bits per heavy atom. The summed E-state index contributed by atoms with van der Waals surface area (Å²) in [6.07, 6.45) is 2.37. The predicted molar refractivity (Wildman–Crippen MR) is 87.6 cm³/mol. The first-order valence-electron chi connectivity index (χ1n) is 7.31. The molecule has 0 aliphatic carbocycles. The van der Waals surface area contributed by atoms with Gasteiger partial charge in [-0.25, -0.2) is 0 Å². The lowest BCUT2D eigenvalue weighted by atomic mass is 10.2. The van der Waals surface area contributed by atoms with Crippen LogP contribution in [0.4, 0.5) is 5.69 Å². The van der Waals surface area contributed by atoms with E-state index in [1.54, 1.807) is 23.9 Å². The Morgan fingerprint density at radius 2 is 2.05 bits per heavy atom. The van der Waals surface area contributed by atoms with Crippen LogP contribution < -0.4 is 10.5 Å². The molecule has 2 aromatic rings. The number of ether oxygens (including phenoxy) is 2. The van der Waals surface area contributed by atoms with Crippen molar-refractivity contribution in [1.29, 1.82) is 0 Å². The molecule has 1 fully saturated rings. The maximum Gasteiger partial charge on any atom is 0.121 e. The Balaban J connectivity index is 1.62. The Hall–Kier alpha value is -1.85. The van der Waals surface area contributed by atoms with E-state index in [4.69, 9.17) is 15.2 Å².